The van der Waals surface area contributed by atoms with Crippen molar-refractivity contribution < 1.29 is 14.6 Å². The van der Waals surface area contributed by atoms with Gasteiger partial charge < -0.3 is 15.2 Å². The largest absolute Gasteiger partial charge is 0.394 e. The van der Waals surface area contributed by atoms with Crippen LogP contribution in [0.25, 0.3) is 0 Å². The molecular weight excluding hydrogens is 238 g/mol. The molecule has 0 radical (unpaired) electrons. The number of hydrogen-bond acceptors (Lipinski definition) is 4. The highest BCUT2D eigenvalue weighted by Gasteiger charge is 2.25. The zero-order valence-electron chi connectivity index (χ0n) is 10.4. The van der Waals surface area contributed by atoms with Crippen molar-refractivity contribution in [3.63, 3.8) is 0 Å². The summed E-state index contributed by atoms with van der Waals surface area (Å²) in [5.41, 5.74) is 1.16. The minimum absolute atomic E-state index is 0.138. The topological polar surface area (TPSA) is 58.6 Å². The van der Waals surface area contributed by atoms with E-state index in [0.29, 0.717) is 6.61 Å². The Hall–Kier alpha value is -0.910. The Morgan fingerprint density at radius 3 is 2.76 bits per heavy atom. The number of aliphatic hydroxyl groups is 1. The highest BCUT2D eigenvalue weighted by molar-refractivity contribution is 7.10. The van der Waals surface area contributed by atoms with Crippen LogP contribution in [0.2, 0.25) is 0 Å². The first-order valence-electron chi connectivity index (χ1n) is 5.63. The molecule has 1 aromatic rings. The van der Waals surface area contributed by atoms with Crippen LogP contribution in [0.5, 0.6) is 0 Å². The summed E-state index contributed by atoms with van der Waals surface area (Å²) < 4.78 is 5.63. The van der Waals surface area contributed by atoms with Crippen LogP contribution in [0.4, 0.5) is 0 Å². The molecule has 0 spiro atoms. The smallest absolute Gasteiger partial charge is 0.217 e. The number of amides is 1. The number of ether oxygens (including phenoxy) is 1. The van der Waals surface area contributed by atoms with Gasteiger partial charge in [0.25, 0.3) is 0 Å². The van der Waals surface area contributed by atoms with Gasteiger partial charge in [0.15, 0.2) is 0 Å². The van der Waals surface area contributed by atoms with E-state index >= 15 is 0 Å². The second-order valence-electron chi connectivity index (χ2n) is 3.89. The van der Waals surface area contributed by atoms with Crippen LogP contribution in [0, 0.1) is 6.92 Å². The number of carbonyl (C=O) groups is 1. The molecule has 0 aliphatic heterocycles. The van der Waals surface area contributed by atoms with Crippen LogP contribution >= 0.6 is 11.3 Å². The van der Waals surface area contributed by atoms with Gasteiger partial charge in [0.2, 0.25) is 5.91 Å². The van der Waals surface area contributed by atoms with E-state index in [2.05, 4.69) is 5.32 Å². The monoisotopic (exact) mass is 257 g/mol. The normalized spacial score (nSPS) is 14.4. The van der Waals surface area contributed by atoms with Gasteiger partial charge in [-0.15, -0.1) is 11.3 Å². The molecule has 0 fully saturated rings. The number of hydrogen-bond donors (Lipinski definition) is 2. The van der Waals surface area contributed by atoms with Crippen LogP contribution in [0.15, 0.2) is 11.4 Å². The average molecular weight is 257 g/mol. The van der Waals surface area contributed by atoms with E-state index in [1.54, 1.807) is 11.3 Å². The third-order valence-corrected chi connectivity index (χ3v) is 3.44. The summed E-state index contributed by atoms with van der Waals surface area (Å²) in [4.78, 5) is 12.1. The molecule has 0 saturated carbocycles. The van der Waals surface area contributed by atoms with E-state index in [4.69, 9.17) is 4.74 Å². The van der Waals surface area contributed by atoms with Gasteiger partial charge in [-0.2, -0.15) is 0 Å². The zero-order valence-corrected chi connectivity index (χ0v) is 11.2. The van der Waals surface area contributed by atoms with Crippen LogP contribution in [0.1, 0.15) is 30.4 Å². The Balaban J connectivity index is 2.85. The van der Waals surface area contributed by atoms with Gasteiger partial charge in [0, 0.05) is 18.4 Å². The number of rotatable bonds is 6. The Bertz CT molecular complexity index is 364. The second kappa shape index (κ2) is 6.74. The second-order valence-corrected chi connectivity index (χ2v) is 4.83. The van der Waals surface area contributed by atoms with Crippen LogP contribution < -0.4 is 5.32 Å². The van der Waals surface area contributed by atoms with Crippen molar-refractivity contribution in [3.05, 3.63) is 21.9 Å². The summed E-state index contributed by atoms with van der Waals surface area (Å²) in [5.74, 6) is -0.165. The van der Waals surface area contributed by atoms with E-state index in [-0.39, 0.29) is 18.6 Å². The maximum Gasteiger partial charge on any atom is 0.217 e. The molecule has 4 nitrogen and oxygen atoms in total. The number of thiophene rings is 1. The first-order valence-corrected chi connectivity index (χ1v) is 6.51. The first kappa shape index (κ1) is 14.2. The maximum absolute atomic E-state index is 11.1. The molecule has 17 heavy (non-hydrogen) atoms. The van der Waals surface area contributed by atoms with Gasteiger partial charge in [0.1, 0.15) is 6.10 Å². The number of nitrogens with one attached hydrogen (secondary N) is 1. The summed E-state index contributed by atoms with van der Waals surface area (Å²) in [7, 11) is 0. The van der Waals surface area contributed by atoms with Crippen LogP contribution in [-0.2, 0) is 9.53 Å². The summed E-state index contributed by atoms with van der Waals surface area (Å²) in [6.07, 6.45) is -0.285. The number of aliphatic hydroxyl groups excluding tert-OH is 1. The molecule has 1 aromatic heterocycles. The van der Waals surface area contributed by atoms with Crippen molar-refractivity contribution in [2.45, 2.75) is 32.9 Å². The molecule has 0 saturated heterocycles. The predicted octanol–water partition coefficient (Wildman–Crippen LogP) is 1.63. The molecule has 0 aromatic carbocycles. The molecule has 0 aliphatic carbocycles. The lowest BCUT2D eigenvalue weighted by atomic mass is 10.1. The van der Waals surface area contributed by atoms with Gasteiger partial charge in [-0.05, 0) is 30.9 Å². The van der Waals surface area contributed by atoms with Gasteiger partial charge in [-0.3, -0.25) is 4.79 Å². The van der Waals surface area contributed by atoms with Crippen molar-refractivity contribution in [1.82, 2.24) is 5.32 Å². The van der Waals surface area contributed by atoms with Crippen molar-refractivity contribution in [2.24, 2.45) is 0 Å². The van der Waals surface area contributed by atoms with Gasteiger partial charge in [0.05, 0.1) is 12.6 Å². The highest BCUT2D eigenvalue weighted by Crippen LogP contribution is 2.27. The molecular formula is C12H19NO3S. The van der Waals surface area contributed by atoms with E-state index < -0.39 is 6.04 Å². The molecule has 1 amide bonds. The van der Waals surface area contributed by atoms with Gasteiger partial charge >= 0.3 is 0 Å². The summed E-state index contributed by atoms with van der Waals surface area (Å²) in [6.45, 7) is 5.75. The molecule has 5 heteroatoms. The van der Waals surface area contributed by atoms with Crippen molar-refractivity contribution in [2.75, 3.05) is 13.2 Å². The van der Waals surface area contributed by atoms with Crippen molar-refractivity contribution in [3.8, 4) is 0 Å². The Kier molecular flexibility index (Phi) is 5.61. The highest BCUT2D eigenvalue weighted by atomic mass is 32.1. The molecule has 1 heterocycles. The Labute approximate surface area is 106 Å². The molecule has 1 rings (SSSR count). The van der Waals surface area contributed by atoms with E-state index in [1.165, 1.54) is 6.92 Å². The molecule has 2 atom stereocenters. The van der Waals surface area contributed by atoms with E-state index in [0.717, 1.165) is 10.4 Å². The number of aryl methyl sites for hydroxylation is 1. The van der Waals surface area contributed by atoms with Gasteiger partial charge in [-0.25, -0.2) is 0 Å². The fourth-order valence-corrected chi connectivity index (χ4v) is 2.67. The van der Waals surface area contributed by atoms with E-state index in [1.807, 2.05) is 25.3 Å². The quantitative estimate of drug-likeness (QED) is 0.814. The minimum Gasteiger partial charge on any atom is -0.394 e. The Morgan fingerprint density at radius 1 is 1.65 bits per heavy atom. The predicted molar refractivity (Wildman–Crippen MR) is 68.1 cm³/mol. The SMILES string of the molecule is CCO[C@H](c1cc(C)cs1)[C@@H](CO)NC(C)=O. The summed E-state index contributed by atoms with van der Waals surface area (Å²) >= 11 is 1.58. The fraction of sp³-hybridized carbons (Fsp3) is 0.583. The van der Waals surface area contributed by atoms with Gasteiger partial charge in [-0.1, -0.05) is 0 Å². The fourth-order valence-electron chi connectivity index (χ4n) is 1.66. The lowest BCUT2D eigenvalue weighted by Gasteiger charge is -2.25. The van der Waals surface area contributed by atoms with Crippen molar-refractivity contribution in [1.29, 1.82) is 0 Å². The molecule has 0 bridgehead atoms. The Morgan fingerprint density at radius 2 is 2.35 bits per heavy atom. The van der Waals surface area contributed by atoms with E-state index in [9.17, 15) is 9.90 Å². The molecule has 96 valence electrons. The standard InChI is InChI=1S/C12H19NO3S/c1-4-16-12(10(6-14)13-9(3)15)11-5-8(2)7-17-11/h5,7,10,12,14H,4,6H2,1-3H3,(H,13,15)/t10-,12+/m1/s1. The summed E-state index contributed by atoms with van der Waals surface area (Å²) in [6, 6.07) is 1.63. The van der Waals surface area contributed by atoms with Crippen LogP contribution in [-0.4, -0.2) is 30.3 Å². The summed E-state index contributed by atoms with van der Waals surface area (Å²) in [5, 5.41) is 14.1. The number of carbonyl (C=O) groups excluding carboxylic acids is 1. The average Bonchev–Trinajstić information content (AvgIpc) is 2.69. The lowest BCUT2D eigenvalue weighted by molar-refractivity contribution is -0.121. The third kappa shape index (κ3) is 4.11. The molecule has 0 aliphatic rings. The molecule has 2 N–H and O–H groups in total. The van der Waals surface area contributed by atoms with Crippen LogP contribution in [0.3, 0.4) is 0 Å². The zero-order chi connectivity index (χ0) is 12.8. The molecule has 0 unspecified atom stereocenters. The third-order valence-electron chi connectivity index (χ3n) is 2.33. The minimum atomic E-state index is -0.398. The lowest BCUT2D eigenvalue weighted by Crippen LogP contribution is -2.41. The van der Waals surface area contributed by atoms with Crippen molar-refractivity contribution >= 4 is 17.2 Å². The first-order chi connectivity index (χ1) is 8.08. The maximum atomic E-state index is 11.1.